The Morgan fingerprint density at radius 1 is 1.59 bits per heavy atom. The number of esters is 1. The molecule has 2 aromatic rings. The SMILES string of the molecule is CCn1cncc1-c1nc(C)c(C(=O)OC)s1. The highest BCUT2D eigenvalue weighted by Crippen LogP contribution is 2.28. The van der Waals surface area contributed by atoms with Crippen LogP contribution in [0.25, 0.3) is 10.7 Å². The third-order valence-electron chi connectivity index (χ3n) is 2.44. The summed E-state index contributed by atoms with van der Waals surface area (Å²) in [6.45, 7) is 4.66. The van der Waals surface area contributed by atoms with Gasteiger partial charge >= 0.3 is 5.97 Å². The van der Waals surface area contributed by atoms with Crippen LogP contribution in [0.15, 0.2) is 12.5 Å². The van der Waals surface area contributed by atoms with E-state index < -0.39 is 0 Å². The smallest absolute Gasteiger partial charge is 0.349 e. The molecule has 0 saturated heterocycles. The van der Waals surface area contributed by atoms with Crippen LogP contribution in [0.3, 0.4) is 0 Å². The van der Waals surface area contributed by atoms with Crippen molar-refractivity contribution in [3.63, 3.8) is 0 Å². The minimum Gasteiger partial charge on any atom is -0.465 e. The largest absolute Gasteiger partial charge is 0.465 e. The van der Waals surface area contributed by atoms with Gasteiger partial charge in [0.25, 0.3) is 0 Å². The molecule has 2 rings (SSSR count). The van der Waals surface area contributed by atoms with Crippen molar-refractivity contribution in [3.05, 3.63) is 23.1 Å². The molecule has 0 bridgehead atoms. The molecule has 2 aromatic heterocycles. The van der Waals surface area contributed by atoms with Crippen molar-refractivity contribution in [1.29, 1.82) is 0 Å². The van der Waals surface area contributed by atoms with Crippen molar-refractivity contribution in [3.8, 4) is 10.7 Å². The Kier molecular flexibility index (Phi) is 3.23. The van der Waals surface area contributed by atoms with E-state index in [4.69, 9.17) is 4.74 Å². The molecule has 0 aliphatic rings. The normalized spacial score (nSPS) is 10.5. The number of rotatable bonds is 3. The molecule has 0 aromatic carbocycles. The zero-order valence-electron chi connectivity index (χ0n) is 9.93. The minimum atomic E-state index is -0.339. The van der Waals surface area contributed by atoms with Gasteiger partial charge in [0.05, 0.1) is 31.0 Å². The fraction of sp³-hybridized carbons (Fsp3) is 0.364. The average molecular weight is 251 g/mol. The number of aromatic nitrogens is 3. The van der Waals surface area contributed by atoms with Gasteiger partial charge in [0.1, 0.15) is 9.88 Å². The van der Waals surface area contributed by atoms with E-state index in [2.05, 4.69) is 9.97 Å². The van der Waals surface area contributed by atoms with Crippen molar-refractivity contribution in [2.45, 2.75) is 20.4 Å². The summed E-state index contributed by atoms with van der Waals surface area (Å²) in [7, 11) is 1.37. The first kappa shape index (κ1) is 11.8. The number of carbonyl (C=O) groups excluding carboxylic acids is 1. The Labute approximate surface area is 103 Å². The van der Waals surface area contributed by atoms with E-state index in [0.717, 1.165) is 17.2 Å². The van der Waals surface area contributed by atoms with E-state index in [-0.39, 0.29) is 5.97 Å². The fourth-order valence-corrected chi connectivity index (χ4v) is 2.55. The van der Waals surface area contributed by atoms with Gasteiger partial charge in [0.15, 0.2) is 0 Å². The summed E-state index contributed by atoms with van der Waals surface area (Å²) < 4.78 is 6.70. The van der Waals surface area contributed by atoms with Crippen LogP contribution < -0.4 is 0 Å². The Balaban J connectivity index is 2.44. The minimum absolute atomic E-state index is 0.339. The molecule has 0 amide bonds. The third kappa shape index (κ3) is 2.08. The summed E-state index contributed by atoms with van der Waals surface area (Å²) >= 11 is 1.33. The lowest BCUT2D eigenvalue weighted by atomic mass is 10.4. The summed E-state index contributed by atoms with van der Waals surface area (Å²) in [5.74, 6) is -0.339. The molecule has 0 unspecified atom stereocenters. The molecular weight excluding hydrogens is 238 g/mol. The summed E-state index contributed by atoms with van der Waals surface area (Å²) in [6.07, 6.45) is 3.51. The standard InChI is InChI=1S/C11H13N3O2S/c1-4-14-6-12-5-8(14)10-13-7(2)9(17-10)11(15)16-3/h5-6H,4H2,1-3H3. The molecule has 0 aliphatic carbocycles. The van der Waals surface area contributed by atoms with Gasteiger partial charge in [-0.2, -0.15) is 0 Å². The first-order valence-corrected chi connectivity index (χ1v) is 6.05. The number of hydrogen-bond acceptors (Lipinski definition) is 5. The molecule has 0 spiro atoms. The Morgan fingerprint density at radius 3 is 3.00 bits per heavy atom. The molecule has 90 valence electrons. The number of thiazole rings is 1. The molecule has 0 radical (unpaired) electrons. The van der Waals surface area contributed by atoms with Crippen LogP contribution in [0.1, 0.15) is 22.3 Å². The molecule has 5 nitrogen and oxygen atoms in total. The van der Waals surface area contributed by atoms with E-state index in [1.54, 1.807) is 19.4 Å². The lowest BCUT2D eigenvalue weighted by Crippen LogP contribution is -1.99. The van der Waals surface area contributed by atoms with Gasteiger partial charge in [-0.15, -0.1) is 11.3 Å². The third-order valence-corrected chi connectivity index (χ3v) is 3.60. The monoisotopic (exact) mass is 251 g/mol. The van der Waals surface area contributed by atoms with Crippen LogP contribution >= 0.6 is 11.3 Å². The quantitative estimate of drug-likeness (QED) is 0.784. The van der Waals surface area contributed by atoms with Crippen LogP contribution in [0.5, 0.6) is 0 Å². The second kappa shape index (κ2) is 4.67. The zero-order valence-corrected chi connectivity index (χ0v) is 10.7. The van der Waals surface area contributed by atoms with Gasteiger partial charge in [0.2, 0.25) is 0 Å². The van der Waals surface area contributed by atoms with E-state index in [1.807, 2.05) is 11.5 Å². The fourth-order valence-electron chi connectivity index (χ4n) is 1.54. The molecule has 0 saturated carbocycles. The van der Waals surface area contributed by atoms with Crippen LogP contribution in [-0.4, -0.2) is 27.6 Å². The molecule has 0 fully saturated rings. The molecule has 0 N–H and O–H groups in total. The van der Waals surface area contributed by atoms with Crippen LogP contribution in [0, 0.1) is 6.92 Å². The summed E-state index contributed by atoms with van der Waals surface area (Å²) in [4.78, 5) is 20.5. The van der Waals surface area contributed by atoms with Crippen molar-refractivity contribution in [2.75, 3.05) is 7.11 Å². The number of imidazole rings is 1. The van der Waals surface area contributed by atoms with Gasteiger partial charge in [-0.25, -0.2) is 14.8 Å². The number of hydrogen-bond donors (Lipinski definition) is 0. The number of carbonyl (C=O) groups is 1. The molecule has 17 heavy (non-hydrogen) atoms. The predicted molar refractivity (Wildman–Crippen MR) is 65.1 cm³/mol. The maximum absolute atomic E-state index is 11.5. The molecular formula is C11H13N3O2S. The second-order valence-corrected chi connectivity index (χ2v) is 4.49. The highest BCUT2D eigenvalue weighted by Gasteiger charge is 2.18. The number of nitrogens with zero attached hydrogens (tertiary/aromatic N) is 3. The molecule has 0 aliphatic heterocycles. The zero-order chi connectivity index (χ0) is 12.4. The maximum atomic E-state index is 11.5. The van der Waals surface area contributed by atoms with E-state index in [0.29, 0.717) is 10.6 Å². The van der Waals surface area contributed by atoms with Gasteiger partial charge < -0.3 is 9.30 Å². The van der Waals surface area contributed by atoms with E-state index in [9.17, 15) is 4.79 Å². The Bertz CT molecular complexity index is 545. The number of methoxy groups -OCH3 is 1. The van der Waals surface area contributed by atoms with Gasteiger partial charge in [-0.3, -0.25) is 0 Å². The van der Waals surface area contributed by atoms with Crippen LogP contribution in [0.2, 0.25) is 0 Å². The molecule has 0 atom stereocenters. The lowest BCUT2D eigenvalue weighted by molar-refractivity contribution is 0.0605. The summed E-state index contributed by atoms with van der Waals surface area (Å²) in [5, 5.41) is 0.794. The lowest BCUT2D eigenvalue weighted by Gasteiger charge is -2.00. The van der Waals surface area contributed by atoms with Crippen molar-refractivity contribution >= 4 is 17.3 Å². The summed E-state index contributed by atoms with van der Waals surface area (Å²) in [5.41, 5.74) is 1.62. The van der Waals surface area contributed by atoms with Crippen LogP contribution in [0.4, 0.5) is 0 Å². The van der Waals surface area contributed by atoms with Gasteiger partial charge in [0, 0.05) is 6.54 Å². The van der Waals surface area contributed by atoms with E-state index in [1.165, 1.54) is 18.4 Å². The van der Waals surface area contributed by atoms with Gasteiger partial charge in [-0.05, 0) is 13.8 Å². The number of ether oxygens (including phenoxy) is 1. The average Bonchev–Trinajstić information content (AvgIpc) is 2.93. The summed E-state index contributed by atoms with van der Waals surface area (Å²) in [6, 6.07) is 0. The van der Waals surface area contributed by atoms with Gasteiger partial charge in [-0.1, -0.05) is 0 Å². The van der Waals surface area contributed by atoms with Crippen molar-refractivity contribution < 1.29 is 9.53 Å². The number of aryl methyl sites for hydroxylation is 2. The predicted octanol–water partition coefficient (Wildman–Crippen LogP) is 2.12. The topological polar surface area (TPSA) is 57.0 Å². The first-order chi connectivity index (χ1) is 8.17. The second-order valence-electron chi connectivity index (χ2n) is 3.49. The molecule has 6 heteroatoms. The van der Waals surface area contributed by atoms with Crippen LogP contribution in [-0.2, 0) is 11.3 Å². The van der Waals surface area contributed by atoms with E-state index >= 15 is 0 Å². The van der Waals surface area contributed by atoms with Crippen molar-refractivity contribution in [1.82, 2.24) is 14.5 Å². The highest BCUT2D eigenvalue weighted by molar-refractivity contribution is 7.17. The van der Waals surface area contributed by atoms with Crippen molar-refractivity contribution in [2.24, 2.45) is 0 Å². The maximum Gasteiger partial charge on any atom is 0.349 e. The Morgan fingerprint density at radius 2 is 2.35 bits per heavy atom. The molecule has 2 heterocycles. The first-order valence-electron chi connectivity index (χ1n) is 5.23. The highest BCUT2D eigenvalue weighted by atomic mass is 32.1. The Hall–Kier alpha value is -1.69.